The molecule has 39 heavy (non-hydrogen) atoms. The molecule has 1 aliphatic heterocycles. The van der Waals surface area contributed by atoms with E-state index in [9.17, 15) is 9.18 Å². The van der Waals surface area contributed by atoms with Crippen molar-refractivity contribution in [2.24, 2.45) is 0 Å². The van der Waals surface area contributed by atoms with E-state index in [-0.39, 0.29) is 36.9 Å². The maximum absolute atomic E-state index is 14.8. The number of carbonyl (C=O) groups is 1. The number of fused-ring (bicyclic) bond motifs is 2. The van der Waals surface area contributed by atoms with Gasteiger partial charge in [0.25, 0.3) is 0 Å². The van der Waals surface area contributed by atoms with Gasteiger partial charge in [0.15, 0.2) is 0 Å². The number of benzene rings is 4. The fourth-order valence-corrected chi connectivity index (χ4v) is 6.55. The maximum Gasteiger partial charge on any atom is 0.237 e. The molecular formula is C33H29Cl2FN2O. The van der Waals surface area contributed by atoms with Gasteiger partial charge in [-0.25, -0.2) is 4.39 Å². The summed E-state index contributed by atoms with van der Waals surface area (Å²) in [6.45, 7) is 1.13. The van der Waals surface area contributed by atoms with Gasteiger partial charge in [0, 0.05) is 24.7 Å². The second kappa shape index (κ2) is 11.1. The molecule has 4 aromatic carbocycles. The molecule has 0 N–H and O–H groups in total. The van der Waals surface area contributed by atoms with E-state index in [4.69, 9.17) is 23.2 Å². The zero-order valence-corrected chi connectivity index (χ0v) is 23.0. The Labute approximate surface area is 238 Å². The monoisotopic (exact) mass is 558 g/mol. The summed E-state index contributed by atoms with van der Waals surface area (Å²) in [7, 11) is 0. The van der Waals surface area contributed by atoms with Crippen LogP contribution in [0.3, 0.4) is 0 Å². The number of rotatable bonds is 6. The van der Waals surface area contributed by atoms with Gasteiger partial charge in [-0.15, -0.1) is 0 Å². The molecular weight excluding hydrogens is 530 g/mol. The molecule has 0 spiro atoms. The molecule has 1 amide bonds. The summed E-state index contributed by atoms with van der Waals surface area (Å²) in [5, 5.41) is 1.00. The summed E-state index contributed by atoms with van der Waals surface area (Å²) >= 11 is 13.2. The van der Waals surface area contributed by atoms with E-state index in [2.05, 4.69) is 29.2 Å². The van der Waals surface area contributed by atoms with Gasteiger partial charge < -0.3 is 4.90 Å². The Morgan fingerprint density at radius 3 is 2.21 bits per heavy atom. The third-order valence-electron chi connectivity index (χ3n) is 8.09. The number of hydrogen-bond acceptors (Lipinski definition) is 2. The molecule has 0 radical (unpaired) electrons. The van der Waals surface area contributed by atoms with Gasteiger partial charge in [-0.3, -0.25) is 9.69 Å². The van der Waals surface area contributed by atoms with E-state index in [1.54, 1.807) is 18.2 Å². The van der Waals surface area contributed by atoms with Crippen molar-refractivity contribution >= 4 is 29.1 Å². The van der Waals surface area contributed by atoms with Gasteiger partial charge in [-0.05, 0) is 59.2 Å². The van der Waals surface area contributed by atoms with Gasteiger partial charge in [0.1, 0.15) is 5.82 Å². The van der Waals surface area contributed by atoms with Crippen LogP contribution < -0.4 is 0 Å². The lowest BCUT2D eigenvalue weighted by molar-refractivity contribution is -0.136. The van der Waals surface area contributed by atoms with Crippen molar-refractivity contribution in [3.63, 3.8) is 0 Å². The van der Waals surface area contributed by atoms with Crippen LogP contribution in [-0.2, 0) is 30.6 Å². The average molecular weight is 560 g/mol. The Morgan fingerprint density at radius 1 is 0.821 bits per heavy atom. The molecule has 198 valence electrons. The predicted octanol–water partition coefficient (Wildman–Crippen LogP) is 7.28. The van der Waals surface area contributed by atoms with Crippen LogP contribution in [0, 0.1) is 5.82 Å². The zero-order valence-electron chi connectivity index (χ0n) is 21.5. The lowest BCUT2D eigenvalue weighted by atomic mass is 9.88. The van der Waals surface area contributed by atoms with Crippen LogP contribution in [0.1, 0.15) is 39.4 Å². The van der Waals surface area contributed by atoms with E-state index in [0.717, 1.165) is 30.4 Å². The molecule has 0 saturated carbocycles. The smallest absolute Gasteiger partial charge is 0.237 e. The fourth-order valence-electron chi connectivity index (χ4n) is 6.14. The SMILES string of the molecule is O=C(CN1CCc2ccccc2[C@H]1c1cccc(Cl)c1Cl)N(Cc1ccccc1F)C1Cc2ccccc2C1. The molecule has 1 heterocycles. The highest BCUT2D eigenvalue weighted by Crippen LogP contribution is 2.40. The minimum atomic E-state index is -0.290. The van der Waals surface area contributed by atoms with Crippen molar-refractivity contribution in [1.82, 2.24) is 9.80 Å². The highest BCUT2D eigenvalue weighted by Gasteiger charge is 2.35. The molecule has 0 fully saturated rings. The Morgan fingerprint density at radius 2 is 1.46 bits per heavy atom. The minimum Gasteiger partial charge on any atom is -0.333 e. The molecule has 0 saturated heterocycles. The largest absolute Gasteiger partial charge is 0.333 e. The van der Waals surface area contributed by atoms with E-state index >= 15 is 0 Å². The van der Waals surface area contributed by atoms with Crippen molar-refractivity contribution in [1.29, 1.82) is 0 Å². The Balaban J connectivity index is 1.34. The van der Waals surface area contributed by atoms with Crippen LogP contribution in [-0.4, -0.2) is 34.8 Å². The standard InChI is InChI=1S/C33H29Cl2FN2O/c34-29-14-7-13-28(32(29)35)33-27-12-5-3-8-22(27)16-17-37(33)21-31(39)38(20-25-11-4-6-15-30(25)36)26-18-23-9-1-2-10-24(23)19-26/h1-15,26,33H,16-21H2/t33-/m0/s1. The maximum atomic E-state index is 14.8. The van der Waals surface area contributed by atoms with Crippen LogP contribution in [0.4, 0.5) is 4.39 Å². The quantitative estimate of drug-likeness (QED) is 0.248. The minimum absolute atomic E-state index is 0.0152. The predicted molar refractivity (Wildman–Crippen MR) is 155 cm³/mol. The molecule has 4 aromatic rings. The number of hydrogen-bond donors (Lipinski definition) is 0. The van der Waals surface area contributed by atoms with Crippen LogP contribution >= 0.6 is 23.2 Å². The number of nitrogens with zero attached hydrogens (tertiary/aromatic N) is 2. The molecule has 0 unspecified atom stereocenters. The van der Waals surface area contributed by atoms with E-state index in [1.807, 2.05) is 47.4 Å². The molecule has 6 rings (SSSR count). The van der Waals surface area contributed by atoms with Crippen LogP contribution in [0.25, 0.3) is 0 Å². The Bertz CT molecular complexity index is 1500. The lowest BCUT2D eigenvalue weighted by Gasteiger charge is -2.39. The van der Waals surface area contributed by atoms with Gasteiger partial charge in [0.05, 0.1) is 22.6 Å². The lowest BCUT2D eigenvalue weighted by Crippen LogP contribution is -2.48. The normalized spacial score (nSPS) is 17.1. The van der Waals surface area contributed by atoms with Crippen LogP contribution in [0.5, 0.6) is 0 Å². The Kier molecular flexibility index (Phi) is 7.44. The first-order valence-corrected chi connectivity index (χ1v) is 14.1. The summed E-state index contributed by atoms with van der Waals surface area (Å²) in [5.41, 5.74) is 6.30. The van der Waals surface area contributed by atoms with Gasteiger partial charge >= 0.3 is 0 Å². The number of amides is 1. The van der Waals surface area contributed by atoms with Crippen LogP contribution in [0.15, 0.2) is 91.0 Å². The van der Waals surface area contributed by atoms with Gasteiger partial charge in [0.2, 0.25) is 5.91 Å². The van der Waals surface area contributed by atoms with Crippen molar-refractivity contribution in [3.8, 4) is 0 Å². The number of halogens is 3. The number of carbonyl (C=O) groups excluding carboxylic acids is 1. The molecule has 0 aromatic heterocycles. The summed E-state index contributed by atoms with van der Waals surface area (Å²) in [6, 6.07) is 28.8. The first kappa shape index (κ1) is 26.1. The Hall–Kier alpha value is -3.18. The van der Waals surface area contributed by atoms with Crippen molar-refractivity contribution in [2.75, 3.05) is 13.1 Å². The molecule has 3 nitrogen and oxygen atoms in total. The highest BCUT2D eigenvalue weighted by atomic mass is 35.5. The second-order valence-electron chi connectivity index (χ2n) is 10.4. The zero-order chi connectivity index (χ0) is 26.9. The van der Waals surface area contributed by atoms with E-state index < -0.39 is 0 Å². The summed E-state index contributed by atoms with van der Waals surface area (Å²) in [6.07, 6.45) is 2.37. The highest BCUT2D eigenvalue weighted by molar-refractivity contribution is 6.42. The average Bonchev–Trinajstić information content (AvgIpc) is 3.38. The summed E-state index contributed by atoms with van der Waals surface area (Å²) in [5.74, 6) is -0.306. The molecule has 6 heteroatoms. The molecule has 0 bridgehead atoms. The summed E-state index contributed by atoms with van der Waals surface area (Å²) in [4.78, 5) is 18.3. The second-order valence-corrected chi connectivity index (χ2v) is 11.2. The first-order chi connectivity index (χ1) is 19.0. The molecule has 2 aliphatic rings. The van der Waals surface area contributed by atoms with Crippen molar-refractivity contribution in [3.05, 3.63) is 140 Å². The third-order valence-corrected chi connectivity index (χ3v) is 8.92. The van der Waals surface area contributed by atoms with E-state index in [0.29, 0.717) is 22.2 Å². The van der Waals surface area contributed by atoms with Gasteiger partial charge in [-0.2, -0.15) is 0 Å². The van der Waals surface area contributed by atoms with Gasteiger partial charge in [-0.1, -0.05) is 102 Å². The third kappa shape index (κ3) is 5.21. The fraction of sp³-hybridized carbons (Fsp3) is 0.242. The first-order valence-electron chi connectivity index (χ1n) is 13.3. The molecule has 1 atom stereocenters. The van der Waals surface area contributed by atoms with Crippen molar-refractivity contribution < 1.29 is 9.18 Å². The topological polar surface area (TPSA) is 23.6 Å². The van der Waals surface area contributed by atoms with Crippen molar-refractivity contribution in [2.45, 2.75) is 37.9 Å². The van der Waals surface area contributed by atoms with E-state index in [1.165, 1.54) is 22.8 Å². The van der Waals surface area contributed by atoms with Crippen LogP contribution in [0.2, 0.25) is 10.0 Å². The molecule has 1 aliphatic carbocycles. The summed E-state index contributed by atoms with van der Waals surface area (Å²) < 4.78 is 14.8.